The monoisotopic (exact) mass is 506 g/mol. The summed E-state index contributed by atoms with van der Waals surface area (Å²) < 4.78 is 59.2. The Kier molecular flexibility index (Phi) is 7.08. The molecule has 3 aromatic rings. The molecule has 3 aromatic carbocycles. The Morgan fingerprint density at radius 3 is 1.58 bits per heavy atom. The number of rotatable bonds is 4. The van der Waals surface area contributed by atoms with Crippen molar-refractivity contribution in [2.24, 2.45) is 0 Å². The molecule has 1 unspecified atom stereocenters. The van der Waals surface area contributed by atoms with Crippen molar-refractivity contribution in [3.05, 3.63) is 84.9 Å². The molecule has 1 aliphatic heterocycles. The van der Waals surface area contributed by atoms with E-state index in [1.165, 1.54) is 20.4 Å². The maximum absolute atomic E-state index is 10.7. The summed E-state index contributed by atoms with van der Waals surface area (Å²) in [6.45, 7) is 5.48. The number of nitrogens with zero attached hydrogens (tertiary/aromatic N) is 1. The van der Waals surface area contributed by atoms with Crippen molar-refractivity contribution < 1.29 is 25.2 Å². The van der Waals surface area contributed by atoms with Crippen LogP contribution in [0.25, 0.3) is 0 Å². The Balaban J connectivity index is 0.000000383. The molecule has 1 aliphatic rings. The minimum absolute atomic E-state index is 0.0674. The van der Waals surface area contributed by atoms with Gasteiger partial charge in [-0.05, 0) is 55.5 Å². The zero-order valence-corrected chi connectivity index (χ0v) is 19.6. The van der Waals surface area contributed by atoms with Crippen LogP contribution in [0.3, 0.4) is 0 Å². The molecule has 1 heterocycles. The Hall–Kier alpha value is -2.22. The summed E-state index contributed by atoms with van der Waals surface area (Å²) in [4.78, 5) is 6.60. The Morgan fingerprint density at radius 2 is 1.15 bits per heavy atom. The van der Waals surface area contributed by atoms with E-state index in [1.54, 1.807) is 0 Å². The third-order valence-corrected chi connectivity index (χ3v) is 7.09. The van der Waals surface area contributed by atoms with Crippen molar-refractivity contribution >= 4 is 24.4 Å². The molecule has 33 heavy (non-hydrogen) atoms. The SMILES string of the molecule is CC1CNCCN1c1ccc([S+](c2ccccc2)c2ccccc2)cc1.F[P-](F)(F)(F)(F)F. The fourth-order valence-electron chi connectivity index (χ4n) is 3.52. The van der Waals surface area contributed by atoms with Crippen LogP contribution in [0.5, 0.6) is 0 Å². The topological polar surface area (TPSA) is 15.3 Å². The van der Waals surface area contributed by atoms with Gasteiger partial charge in [-0.25, -0.2) is 0 Å². The molecule has 0 aromatic heterocycles. The van der Waals surface area contributed by atoms with E-state index in [9.17, 15) is 25.2 Å². The average molecular weight is 506 g/mol. The predicted octanol–water partition coefficient (Wildman–Crippen LogP) is 7.96. The summed E-state index contributed by atoms with van der Waals surface area (Å²) in [7, 11) is -10.7. The van der Waals surface area contributed by atoms with Gasteiger partial charge in [0, 0.05) is 31.4 Å². The van der Waals surface area contributed by atoms with Crippen molar-refractivity contribution in [1.29, 1.82) is 0 Å². The van der Waals surface area contributed by atoms with Crippen LogP contribution in [0, 0.1) is 0 Å². The van der Waals surface area contributed by atoms with E-state index in [0.29, 0.717) is 6.04 Å². The Morgan fingerprint density at radius 1 is 0.727 bits per heavy atom. The van der Waals surface area contributed by atoms with Crippen LogP contribution in [0.15, 0.2) is 99.6 Å². The number of anilines is 1. The van der Waals surface area contributed by atoms with Gasteiger partial charge in [0.25, 0.3) is 0 Å². The van der Waals surface area contributed by atoms with Crippen molar-refractivity contribution in [2.75, 3.05) is 24.5 Å². The molecule has 10 heteroatoms. The standard InChI is InChI=1S/C23H25N2S.F6P/c1-19-18-24-16-17-25(19)20-12-14-23(15-13-20)26(21-8-4-2-5-9-21)22-10-6-3-7-11-22;1-7(2,3,4,5)6/h2-15,19,24H,16-18H2,1H3;/q+1;-1. The fraction of sp³-hybridized carbons (Fsp3) is 0.217. The molecule has 0 bridgehead atoms. The minimum atomic E-state index is -10.7. The van der Waals surface area contributed by atoms with Crippen molar-refractivity contribution in [2.45, 2.75) is 27.7 Å². The summed E-state index contributed by atoms with van der Waals surface area (Å²) in [6, 6.07) is 31.4. The zero-order chi connectivity index (χ0) is 24.2. The van der Waals surface area contributed by atoms with Crippen LogP contribution in [0.4, 0.5) is 30.9 Å². The second kappa shape index (κ2) is 9.20. The molecule has 1 N–H and O–H groups in total. The van der Waals surface area contributed by atoms with Gasteiger partial charge in [-0.15, -0.1) is 0 Å². The van der Waals surface area contributed by atoms with Gasteiger partial charge >= 0.3 is 33.0 Å². The number of nitrogens with one attached hydrogen (secondary N) is 1. The number of halogens is 6. The maximum atomic E-state index is 9.87. The van der Waals surface area contributed by atoms with Gasteiger partial charge in [-0.3, -0.25) is 0 Å². The molecule has 0 radical (unpaired) electrons. The van der Waals surface area contributed by atoms with E-state index < -0.39 is 7.81 Å². The first-order valence-corrected chi connectivity index (χ1v) is 13.5. The number of hydrogen-bond acceptors (Lipinski definition) is 2. The van der Waals surface area contributed by atoms with Crippen LogP contribution < -0.4 is 10.2 Å². The third kappa shape index (κ3) is 8.91. The average Bonchev–Trinajstić information content (AvgIpc) is 2.74. The fourth-order valence-corrected chi connectivity index (χ4v) is 5.60. The number of benzene rings is 3. The molecule has 180 valence electrons. The summed E-state index contributed by atoms with van der Waals surface area (Å²) in [6.07, 6.45) is 0. The zero-order valence-electron chi connectivity index (χ0n) is 17.9. The first kappa shape index (κ1) is 25.4. The summed E-state index contributed by atoms with van der Waals surface area (Å²) in [5, 5.41) is 3.47. The van der Waals surface area contributed by atoms with Crippen molar-refractivity contribution in [3.63, 3.8) is 0 Å². The van der Waals surface area contributed by atoms with E-state index >= 15 is 0 Å². The number of hydrogen-bond donors (Lipinski definition) is 1. The molecule has 4 rings (SSSR count). The predicted molar refractivity (Wildman–Crippen MR) is 125 cm³/mol. The molecule has 0 amide bonds. The molecule has 2 nitrogen and oxygen atoms in total. The van der Waals surface area contributed by atoms with Crippen LogP contribution >= 0.6 is 7.81 Å². The van der Waals surface area contributed by atoms with E-state index in [4.69, 9.17) is 0 Å². The molecule has 1 fully saturated rings. The normalized spacial score (nSPS) is 18.7. The second-order valence-corrected chi connectivity index (χ2v) is 11.6. The molecule has 0 saturated carbocycles. The van der Waals surface area contributed by atoms with E-state index in [0.717, 1.165) is 19.6 Å². The van der Waals surface area contributed by atoms with Crippen LogP contribution in [0.1, 0.15) is 6.92 Å². The van der Waals surface area contributed by atoms with Crippen LogP contribution in [-0.2, 0) is 10.9 Å². The molecular weight excluding hydrogens is 481 g/mol. The molecule has 0 aliphatic carbocycles. The molecule has 1 atom stereocenters. The third-order valence-electron chi connectivity index (χ3n) is 4.86. The van der Waals surface area contributed by atoms with Gasteiger partial charge < -0.3 is 10.2 Å². The van der Waals surface area contributed by atoms with Crippen molar-refractivity contribution in [1.82, 2.24) is 5.32 Å². The van der Waals surface area contributed by atoms with Gasteiger partial charge in [-0.2, -0.15) is 0 Å². The second-order valence-electron chi connectivity index (χ2n) is 7.63. The van der Waals surface area contributed by atoms with Crippen molar-refractivity contribution in [3.8, 4) is 0 Å². The first-order chi connectivity index (χ1) is 15.3. The van der Waals surface area contributed by atoms with Crippen LogP contribution in [0.2, 0.25) is 0 Å². The van der Waals surface area contributed by atoms with E-state index in [-0.39, 0.29) is 10.9 Å². The summed E-state index contributed by atoms with van der Waals surface area (Å²) in [5.41, 5.74) is 1.33. The Labute approximate surface area is 192 Å². The van der Waals surface area contributed by atoms with Gasteiger partial charge in [0.15, 0.2) is 14.7 Å². The molecule has 0 spiro atoms. The van der Waals surface area contributed by atoms with Gasteiger partial charge in [0.1, 0.15) is 0 Å². The molecular formula is C23H25F6N2PS. The van der Waals surface area contributed by atoms with E-state index in [1.807, 2.05) is 0 Å². The van der Waals surface area contributed by atoms with Gasteiger partial charge in [-0.1, -0.05) is 36.4 Å². The number of piperazine rings is 1. The Bertz CT molecular complexity index is 981. The van der Waals surface area contributed by atoms with Gasteiger partial charge in [0.05, 0.1) is 10.9 Å². The quantitative estimate of drug-likeness (QED) is 0.219. The van der Waals surface area contributed by atoms with Crippen LogP contribution in [-0.4, -0.2) is 25.7 Å². The summed E-state index contributed by atoms with van der Waals surface area (Å²) in [5.74, 6) is 0. The van der Waals surface area contributed by atoms with Gasteiger partial charge in [0.2, 0.25) is 0 Å². The first-order valence-electron chi connectivity index (χ1n) is 10.3. The van der Waals surface area contributed by atoms with E-state index in [2.05, 4.69) is 102 Å². The summed E-state index contributed by atoms with van der Waals surface area (Å²) >= 11 is 0. The molecule has 1 saturated heterocycles.